The molecule has 0 radical (unpaired) electrons. The Morgan fingerprint density at radius 2 is 1.80 bits per heavy atom. The van der Waals surface area contributed by atoms with Gasteiger partial charge in [0.15, 0.2) is 0 Å². The van der Waals surface area contributed by atoms with E-state index in [1.807, 2.05) is 18.2 Å². The van der Waals surface area contributed by atoms with Gasteiger partial charge in [-0.1, -0.05) is 12.1 Å². The van der Waals surface area contributed by atoms with Crippen LogP contribution in [0.15, 0.2) is 24.3 Å². The zero-order chi connectivity index (χ0) is 28.7. The van der Waals surface area contributed by atoms with Gasteiger partial charge in [0.05, 0.1) is 31.2 Å². The van der Waals surface area contributed by atoms with Crippen molar-refractivity contribution in [3.63, 3.8) is 0 Å². The number of ether oxygens (including phenoxy) is 1. The van der Waals surface area contributed by atoms with Crippen LogP contribution in [0.25, 0.3) is 0 Å². The zero-order valence-electron chi connectivity index (χ0n) is 24.3. The van der Waals surface area contributed by atoms with E-state index in [1.54, 1.807) is 14.0 Å². The van der Waals surface area contributed by atoms with Gasteiger partial charge in [0.25, 0.3) is 0 Å². The highest BCUT2D eigenvalue weighted by Gasteiger charge is 2.39. The second kappa shape index (κ2) is 13.8. The monoisotopic (exact) mass is 557 g/mol. The zero-order valence-corrected chi connectivity index (χ0v) is 24.3. The minimum Gasteiger partial charge on any atom is -0.497 e. The molecule has 3 heterocycles. The van der Waals surface area contributed by atoms with Crippen LogP contribution < -0.4 is 20.7 Å². The number of carbonyl (C=O) groups excluding carboxylic acids is 3. The van der Waals surface area contributed by atoms with E-state index in [4.69, 9.17) is 4.74 Å². The smallest absolute Gasteiger partial charge is 0.223 e. The molecule has 1 spiro atoms. The van der Waals surface area contributed by atoms with E-state index in [0.717, 1.165) is 56.9 Å². The number of aliphatic hydroxyl groups excluding tert-OH is 1. The summed E-state index contributed by atoms with van der Waals surface area (Å²) in [6, 6.07) is 7.47. The Morgan fingerprint density at radius 3 is 2.55 bits per heavy atom. The number of nitrogens with zero attached hydrogens (tertiary/aromatic N) is 2. The maximum atomic E-state index is 13.2. The van der Waals surface area contributed by atoms with E-state index < -0.39 is 17.7 Å². The Labute approximate surface area is 238 Å². The molecule has 0 aromatic heterocycles. The molecule has 3 fully saturated rings. The van der Waals surface area contributed by atoms with E-state index in [0.29, 0.717) is 31.7 Å². The molecule has 40 heavy (non-hydrogen) atoms. The molecular formula is C30H47N5O5. The van der Waals surface area contributed by atoms with Gasteiger partial charge in [-0.15, -0.1) is 0 Å². The third-order valence-corrected chi connectivity index (χ3v) is 9.00. The number of benzene rings is 1. The maximum Gasteiger partial charge on any atom is 0.223 e. The van der Waals surface area contributed by atoms with Gasteiger partial charge in [0, 0.05) is 45.6 Å². The molecular weight excluding hydrogens is 510 g/mol. The largest absolute Gasteiger partial charge is 0.497 e. The van der Waals surface area contributed by atoms with Gasteiger partial charge in [0.2, 0.25) is 17.7 Å². The number of methoxy groups -OCH3 is 1. The number of aliphatic hydroxyl groups is 1. The van der Waals surface area contributed by atoms with Crippen molar-refractivity contribution in [2.24, 2.45) is 11.8 Å². The summed E-state index contributed by atoms with van der Waals surface area (Å²) in [5, 5.41) is 19.9. The van der Waals surface area contributed by atoms with E-state index in [9.17, 15) is 19.5 Å². The average molecular weight is 558 g/mol. The normalized spacial score (nSPS) is 29.6. The first-order valence-corrected chi connectivity index (χ1v) is 14.7. The van der Waals surface area contributed by atoms with Crippen molar-refractivity contribution in [2.45, 2.75) is 76.1 Å². The van der Waals surface area contributed by atoms with Crippen LogP contribution in [0.2, 0.25) is 0 Å². The van der Waals surface area contributed by atoms with Crippen molar-refractivity contribution >= 4 is 17.7 Å². The first-order chi connectivity index (χ1) is 19.1. The fourth-order valence-electron chi connectivity index (χ4n) is 6.50. The number of nitrogens with one attached hydrogen (secondary N) is 3. The van der Waals surface area contributed by atoms with Crippen molar-refractivity contribution in [3.05, 3.63) is 29.8 Å². The summed E-state index contributed by atoms with van der Waals surface area (Å²) in [6.07, 6.45) is 2.46. The Hall–Kier alpha value is -2.69. The predicted octanol–water partition coefficient (Wildman–Crippen LogP) is 1.27. The Morgan fingerprint density at radius 1 is 1.02 bits per heavy atom. The molecule has 1 aromatic rings. The lowest BCUT2D eigenvalue weighted by molar-refractivity contribution is -0.130. The number of piperidine rings is 2. The number of fused-ring (bicyclic) bond motifs is 1. The fourth-order valence-corrected chi connectivity index (χ4v) is 6.50. The number of rotatable bonds is 3. The van der Waals surface area contributed by atoms with E-state index in [2.05, 4.69) is 38.9 Å². The van der Waals surface area contributed by atoms with Crippen LogP contribution in [-0.4, -0.2) is 97.2 Å². The lowest BCUT2D eigenvalue weighted by Gasteiger charge is -2.42. The molecule has 3 aliphatic rings. The van der Waals surface area contributed by atoms with Crippen LogP contribution in [0, 0.1) is 11.8 Å². The molecule has 3 amide bonds. The number of amides is 3. The molecule has 4 atom stereocenters. The highest BCUT2D eigenvalue weighted by Crippen LogP contribution is 2.30. The minimum atomic E-state index is -1.01. The molecule has 10 heteroatoms. The van der Waals surface area contributed by atoms with Crippen LogP contribution in [-0.2, 0) is 20.9 Å². The molecule has 0 aliphatic carbocycles. The van der Waals surface area contributed by atoms with Gasteiger partial charge in [-0.3, -0.25) is 19.3 Å². The summed E-state index contributed by atoms with van der Waals surface area (Å²) in [6.45, 7) is 6.36. The average Bonchev–Trinajstić information content (AvgIpc) is 2.91. The first kappa shape index (κ1) is 30.3. The van der Waals surface area contributed by atoms with Gasteiger partial charge in [-0.05, 0) is 75.7 Å². The summed E-state index contributed by atoms with van der Waals surface area (Å²) >= 11 is 0. The highest BCUT2D eigenvalue weighted by molar-refractivity contribution is 5.81. The van der Waals surface area contributed by atoms with Crippen molar-refractivity contribution in [1.29, 1.82) is 0 Å². The number of hydrogen-bond donors (Lipinski definition) is 4. The second-order valence-electron chi connectivity index (χ2n) is 12.2. The van der Waals surface area contributed by atoms with Crippen molar-refractivity contribution in [3.8, 4) is 5.75 Å². The minimum absolute atomic E-state index is 0.0685. The van der Waals surface area contributed by atoms with Gasteiger partial charge in [-0.25, -0.2) is 0 Å². The predicted molar refractivity (Wildman–Crippen MR) is 153 cm³/mol. The van der Waals surface area contributed by atoms with Crippen LogP contribution in [0.5, 0.6) is 5.75 Å². The maximum absolute atomic E-state index is 13.2. The molecule has 10 nitrogen and oxygen atoms in total. The van der Waals surface area contributed by atoms with Gasteiger partial charge < -0.3 is 30.7 Å². The van der Waals surface area contributed by atoms with Crippen LogP contribution in [0.4, 0.5) is 0 Å². The molecule has 1 aromatic carbocycles. The molecule has 0 saturated carbocycles. The summed E-state index contributed by atoms with van der Waals surface area (Å²) in [5.74, 6) is 0.900. The molecule has 3 saturated heterocycles. The number of hydrogen-bond acceptors (Lipinski definition) is 7. The third-order valence-electron chi connectivity index (χ3n) is 9.00. The third kappa shape index (κ3) is 8.41. The summed E-state index contributed by atoms with van der Waals surface area (Å²) in [5.41, 5.74) is 0.476. The summed E-state index contributed by atoms with van der Waals surface area (Å²) in [4.78, 5) is 43.7. The van der Waals surface area contributed by atoms with Crippen molar-refractivity contribution in [1.82, 2.24) is 25.8 Å². The fraction of sp³-hybridized carbons (Fsp3) is 0.700. The Kier molecular flexibility index (Phi) is 10.4. The molecule has 0 unspecified atom stereocenters. The van der Waals surface area contributed by atoms with Crippen LogP contribution in [0.3, 0.4) is 0 Å². The van der Waals surface area contributed by atoms with Crippen LogP contribution >= 0.6 is 0 Å². The molecule has 4 N–H and O–H groups in total. The Bertz CT molecular complexity index is 1030. The van der Waals surface area contributed by atoms with E-state index in [1.165, 1.54) is 0 Å². The van der Waals surface area contributed by atoms with Crippen molar-refractivity contribution in [2.75, 3.05) is 46.9 Å². The lowest BCUT2D eigenvalue weighted by atomic mass is 9.80. The molecule has 4 rings (SSSR count). The quantitative estimate of drug-likeness (QED) is 0.441. The van der Waals surface area contributed by atoms with E-state index >= 15 is 0 Å². The van der Waals surface area contributed by atoms with Gasteiger partial charge >= 0.3 is 0 Å². The topological polar surface area (TPSA) is 123 Å². The van der Waals surface area contributed by atoms with Crippen molar-refractivity contribution < 1.29 is 24.2 Å². The van der Waals surface area contributed by atoms with Gasteiger partial charge in [-0.2, -0.15) is 0 Å². The first-order valence-electron chi connectivity index (χ1n) is 14.7. The standard InChI is InChI=1S/C30H47N5O5/c1-21-26(36)17-28(38)33-30(9-13-35(14-10-30)19-22-5-4-6-25(15-22)40-3)18-29(39)31-11-7-24-20-34(2)12-8-23(24)16-27(37)32-21/h4-6,15,21,23-24,26,36H,7-14,16-20H2,1-3H3,(H,31,39)(H,32,37)(H,33,38)/t21-,23-,24-,26-/m0/s1. The molecule has 3 aliphatic heterocycles. The molecule has 222 valence electrons. The second-order valence-corrected chi connectivity index (χ2v) is 12.2. The highest BCUT2D eigenvalue weighted by atomic mass is 16.5. The number of carbonyl (C=O) groups is 3. The van der Waals surface area contributed by atoms with E-state index in [-0.39, 0.29) is 36.5 Å². The summed E-state index contributed by atoms with van der Waals surface area (Å²) in [7, 11) is 3.76. The SMILES string of the molecule is COc1cccc(CN2CCC3(CC2)CC(=O)NCC[C@H]2CN(C)CC[C@H]2CC(=O)N[C@@H](C)[C@@H](O)CC(=O)N3)c1. The Balaban J connectivity index is 1.44. The molecule has 0 bridgehead atoms. The van der Waals surface area contributed by atoms with Crippen LogP contribution in [0.1, 0.15) is 57.4 Å². The number of likely N-dealkylation sites (tertiary alicyclic amines) is 2. The lowest BCUT2D eigenvalue weighted by Crippen LogP contribution is -2.58. The summed E-state index contributed by atoms with van der Waals surface area (Å²) < 4.78 is 5.36. The van der Waals surface area contributed by atoms with Gasteiger partial charge in [0.1, 0.15) is 5.75 Å².